The van der Waals surface area contributed by atoms with Crippen LogP contribution in [0.2, 0.25) is 0 Å². The number of aromatic nitrogens is 1. The number of alkyl halides is 2. The first-order valence-corrected chi connectivity index (χ1v) is 5.06. The van der Waals surface area contributed by atoms with Crippen LogP contribution in [-0.2, 0) is 11.3 Å². The molecule has 16 heavy (non-hydrogen) atoms. The monoisotopic (exact) mass is 294 g/mol. The largest absolute Gasteiger partial charge is 0.465 e. The van der Waals surface area contributed by atoms with Crippen molar-refractivity contribution in [1.82, 2.24) is 4.98 Å². The molecular weight excluding hydrogens is 286 g/mol. The molecule has 88 valence electrons. The zero-order valence-electron chi connectivity index (χ0n) is 8.34. The number of nitrogens with two attached hydrogens (primary N) is 1. The van der Waals surface area contributed by atoms with Crippen LogP contribution in [0.4, 0.5) is 8.78 Å². The summed E-state index contributed by atoms with van der Waals surface area (Å²) in [6, 6.07) is 1.24. The van der Waals surface area contributed by atoms with Gasteiger partial charge >= 0.3 is 5.97 Å². The van der Waals surface area contributed by atoms with Gasteiger partial charge in [0, 0.05) is 11.0 Å². The first-order chi connectivity index (χ1) is 7.51. The lowest BCUT2D eigenvalue weighted by Gasteiger charge is -2.09. The Morgan fingerprint density at radius 1 is 1.69 bits per heavy atom. The van der Waals surface area contributed by atoms with Crippen LogP contribution >= 0.6 is 15.9 Å². The van der Waals surface area contributed by atoms with Gasteiger partial charge in [0.05, 0.1) is 18.4 Å². The fourth-order valence-corrected chi connectivity index (χ4v) is 1.61. The van der Waals surface area contributed by atoms with Gasteiger partial charge in [0.2, 0.25) is 0 Å². The van der Waals surface area contributed by atoms with Crippen molar-refractivity contribution < 1.29 is 18.3 Å². The third kappa shape index (κ3) is 2.53. The highest BCUT2D eigenvalue weighted by Gasteiger charge is 2.22. The Labute approximate surface area is 98.9 Å². The van der Waals surface area contributed by atoms with E-state index in [0.717, 1.165) is 7.11 Å². The lowest BCUT2D eigenvalue weighted by atomic mass is 10.1. The molecule has 7 heteroatoms. The molecule has 0 aromatic carbocycles. The number of pyridine rings is 1. The topological polar surface area (TPSA) is 65.2 Å². The van der Waals surface area contributed by atoms with Crippen molar-refractivity contribution in [2.45, 2.75) is 13.0 Å². The van der Waals surface area contributed by atoms with Crippen molar-refractivity contribution in [2.24, 2.45) is 5.73 Å². The number of carbonyl (C=O) groups excluding carboxylic acids is 1. The number of halogens is 3. The average Bonchev–Trinajstić information content (AvgIpc) is 2.27. The Morgan fingerprint density at radius 3 is 2.75 bits per heavy atom. The minimum atomic E-state index is -2.85. The van der Waals surface area contributed by atoms with Gasteiger partial charge in [-0.15, -0.1) is 0 Å². The molecule has 0 aliphatic heterocycles. The number of hydrogen-bond acceptors (Lipinski definition) is 4. The quantitative estimate of drug-likeness (QED) is 0.866. The molecule has 1 aromatic rings. The van der Waals surface area contributed by atoms with E-state index in [1.165, 1.54) is 6.07 Å². The Bertz CT molecular complexity index is 413. The second-order valence-corrected chi connectivity index (χ2v) is 3.70. The first-order valence-electron chi connectivity index (χ1n) is 4.27. The Kier molecular flexibility index (Phi) is 4.31. The molecule has 0 radical (unpaired) electrons. The number of ether oxygens (including phenoxy) is 1. The minimum absolute atomic E-state index is 0.00174. The van der Waals surface area contributed by atoms with Gasteiger partial charge < -0.3 is 10.5 Å². The summed E-state index contributed by atoms with van der Waals surface area (Å²) in [7, 11) is 1.11. The molecule has 0 saturated heterocycles. The van der Waals surface area contributed by atoms with Crippen LogP contribution in [0.3, 0.4) is 0 Å². The molecule has 1 heterocycles. The van der Waals surface area contributed by atoms with E-state index in [-0.39, 0.29) is 17.8 Å². The molecule has 0 atom stereocenters. The van der Waals surface area contributed by atoms with Gasteiger partial charge in [0.25, 0.3) is 6.43 Å². The van der Waals surface area contributed by atoms with Gasteiger partial charge in [-0.3, -0.25) is 0 Å². The lowest BCUT2D eigenvalue weighted by Crippen LogP contribution is -2.12. The standard InChI is InChI=1S/C9H9BrF2N2O2/c1-16-9(15)4-2-5(10)6(3-13)14-7(4)8(11)12/h2,8H,3,13H2,1H3. The molecule has 0 amide bonds. The molecule has 0 saturated carbocycles. The maximum atomic E-state index is 12.6. The maximum Gasteiger partial charge on any atom is 0.339 e. The second kappa shape index (κ2) is 5.31. The van der Waals surface area contributed by atoms with E-state index in [1.807, 2.05) is 0 Å². The number of hydrogen-bond donors (Lipinski definition) is 1. The van der Waals surface area contributed by atoms with Gasteiger partial charge in [-0.25, -0.2) is 18.6 Å². The van der Waals surface area contributed by atoms with Gasteiger partial charge in [0.1, 0.15) is 5.69 Å². The summed E-state index contributed by atoms with van der Waals surface area (Å²) < 4.78 is 30.1. The predicted molar refractivity (Wildman–Crippen MR) is 56.1 cm³/mol. The number of carbonyl (C=O) groups is 1. The number of nitrogens with zero attached hydrogens (tertiary/aromatic N) is 1. The highest BCUT2D eigenvalue weighted by atomic mass is 79.9. The van der Waals surface area contributed by atoms with Crippen molar-refractivity contribution in [1.29, 1.82) is 0 Å². The molecule has 0 unspecified atom stereocenters. The number of rotatable bonds is 3. The SMILES string of the molecule is COC(=O)c1cc(Br)c(CN)nc1C(F)F. The first kappa shape index (κ1) is 13.0. The third-order valence-electron chi connectivity index (χ3n) is 1.88. The molecule has 2 N–H and O–H groups in total. The summed E-state index contributed by atoms with van der Waals surface area (Å²) >= 11 is 3.09. The summed E-state index contributed by atoms with van der Waals surface area (Å²) in [5.41, 5.74) is 4.71. The highest BCUT2D eigenvalue weighted by Crippen LogP contribution is 2.26. The van der Waals surface area contributed by atoms with Crippen LogP contribution < -0.4 is 5.73 Å². The van der Waals surface area contributed by atoms with Crippen LogP contribution in [0.25, 0.3) is 0 Å². The average molecular weight is 295 g/mol. The predicted octanol–water partition coefficient (Wildman–Crippen LogP) is 2.03. The molecule has 0 aliphatic carbocycles. The van der Waals surface area contributed by atoms with Crippen LogP contribution in [-0.4, -0.2) is 18.1 Å². The molecule has 0 aliphatic rings. The number of esters is 1. The molecule has 1 aromatic heterocycles. The van der Waals surface area contributed by atoms with E-state index >= 15 is 0 Å². The van der Waals surface area contributed by atoms with Crippen molar-refractivity contribution in [2.75, 3.05) is 7.11 Å². The fraction of sp³-hybridized carbons (Fsp3) is 0.333. The summed E-state index contributed by atoms with van der Waals surface area (Å²) in [5, 5.41) is 0. The minimum Gasteiger partial charge on any atom is -0.465 e. The molecular formula is C9H9BrF2N2O2. The Balaban J connectivity index is 3.36. The van der Waals surface area contributed by atoms with Gasteiger partial charge in [-0.2, -0.15) is 0 Å². The smallest absolute Gasteiger partial charge is 0.339 e. The van der Waals surface area contributed by atoms with Gasteiger partial charge in [-0.1, -0.05) is 0 Å². The fourth-order valence-electron chi connectivity index (χ4n) is 1.13. The van der Waals surface area contributed by atoms with Crippen molar-refractivity contribution in [3.63, 3.8) is 0 Å². The van der Waals surface area contributed by atoms with Gasteiger partial charge in [0.15, 0.2) is 0 Å². The summed E-state index contributed by atoms with van der Waals surface area (Å²) in [6.07, 6.45) is -2.85. The van der Waals surface area contributed by atoms with Crippen LogP contribution in [0.5, 0.6) is 0 Å². The molecule has 0 bridgehead atoms. The van der Waals surface area contributed by atoms with Crippen molar-refractivity contribution in [3.8, 4) is 0 Å². The van der Waals surface area contributed by atoms with E-state index in [1.54, 1.807) is 0 Å². The van der Waals surface area contributed by atoms with Crippen molar-refractivity contribution >= 4 is 21.9 Å². The number of methoxy groups -OCH3 is 1. The van der Waals surface area contributed by atoms with Crippen LogP contribution in [0, 0.1) is 0 Å². The van der Waals surface area contributed by atoms with Gasteiger partial charge in [-0.05, 0) is 22.0 Å². The molecule has 4 nitrogen and oxygen atoms in total. The summed E-state index contributed by atoms with van der Waals surface area (Å²) in [4.78, 5) is 14.9. The zero-order valence-corrected chi connectivity index (χ0v) is 9.92. The van der Waals surface area contributed by atoms with E-state index in [9.17, 15) is 13.6 Å². The summed E-state index contributed by atoms with van der Waals surface area (Å²) in [5.74, 6) is -0.855. The lowest BCUT2D eigenvalue weighted by molar-refractivity contribution is 0.0587. The van der Waals surface area contributed by atoms with Crippen molar-refractivity contribution in [3.05, 3.63) is 27.5 Å². The van der Waals surface area contributed by atoms with E-state index in [0.29, 0.717) is 4.47 Å². The van der Waals surface area contributed by atoms with E-state index in [2.05, 4.69) is 25.7 Å². The summed E-state index contributed by atoms with van der Waals surface area (Å²) in [6.45, 7) is 0.00174. The van der Waals surface area contributed by atoms with E-state index in [4.69, 9.17) is 5.73 Å². The third-order valence-corrected chi connectivity index (χ3v) is 2.57. The Hall–Kier alpha value is -1.08. The van der Waals surface area contributed by atoms with Crippen LogP contribution in [0.15, 0.2) is 10.5 Å². The second-order valence-electron chi connectivity index (χ2n) is 2.85. The Morgan fingerprint density at radius 2 is 2.31 bits per heavy atom. The normalized spacial score (nSPS) is 10.6. The molecule has 0 fully saturated rings. The maximum absolute atomic E-state index is 12.6. The molecule has 1 rings (SSSR count). The highest BCUT2D eigenvalue weighted by molar-refractivity contribution is 9.10. The molecule has 0 spiro atoms. The van der Waals surface area contributed by atoms with E-state index < -0.39 is 18.1 Å². The van der Waals surface area contributed by atoms with Crippen LogP contribution in [0.1, 0.15) is 28.2 Å². The zero-order chi connectivity index (χ0) is 12.3.